The lowest BCUT2D eigenvalue weighted by molar-refractivity contribution is -0.114. The molecule has 7 heteroatoms. The van der Waals surface area contributed by atoms with E-state index in [4.69, 9.17) is 4.74 Å². The van der Waals surface area contributed by atoms with Gasteiger partial charge in [-0.25, -0.2) is 8.42 Å². The minimum Gasteiger partial charge on any atom is -0.492 e. The van der Waals surface area contributed by atoms with Crippen LogP contribution in [0.15, 0.2) is 83.8 Å². The van der Waals surface area contributed by atoms with Crippen molar-refractivity contribution in [2.24, 2.45) is 0 Å². The summed E-state index contributed by atoms with van der Waals surface area (Å²) in [5, 5.41) is 2.77. The Bertz CT molecular complexity index is 1110. The molecule has 0 unspecified atom stereocenters. The molecule has 1 amide bonds. The van der Waals surface area contributed by atoms with Gasteiger partial charge >= 0.3 is 0 Å². The van der Waals surface area contributed by atoms with E-state index in [1.807, 2.05) is 32.0 Å². The summed E-state index contributed by atoms with van der Waals surface area (Å²) in [6.45, 7) is 3.71. The van der Waals surface area contributed by atoms with Crippen LogP contribution in [-0.2, 0) is 14.8 Å². The molecule has 0 radical (unpaired) electrons. The molecule has 3 rings (SSSR count). The van der Waals surface area contributed by atoms with Crippen LogP contribution in [-0.4, -0.2) is 27.5 Å². The molecule has 0 saturated heterocycles. The van der Waals surface area contributed by atoms with E-state index < -0.39 is 22.5 Å². The van der Waals surface area contributed by atoms with Crippen molar-refractivity contribution in [1.82, 2.24) is 0 Å². The van der Waals surface area contributed by atoms with Gasteiger partial charge in [-0.3, -0.25) is 9.10 Å². The Morgan fingerprint density at radius 1 is 0.967 bits per heavy atom. The minimum atomic E-state index is -4.00. The highest BCUT2D eigenvalue weighted by Gasteiger charge is 2.29. The fourth-order valence-electron chi connectivity index (χ4n) is 3.01. The first-order valence-electron chi connectivity index (χ1n) is 9.58. The molecule has 0 atom stereocenters. The largest absolute Gasteiger partial charge is 0.492 e. The summed E-state index contributed by atoms with van der Waals surface area (Å²) in [5.41, 5.74) is 1.90. The molecule has 30 heavy (non-hydrogen) atoms. The van der Waals surface area contributed by atoms with E-state index in [0.29, 0.717) is 23.7 Å². The maximum Gasteiger partial charge on any atom is 0.264 e. The summed E-state index contributed by atoms with van der Waals surface area (Å²) in [6.07, 6.45) is 0. The summed E-state index contributed by atoms with van der Waals surface area (Å²) < 4.78 is 33.6. The van der Waals surface area contributed by atoms with E-state index in [1.54, 1.807) is 48.5 Å². The van der Waals surface area contributed by atoms with Crippen LogP contribution in [0.5, 0.6) is 5.75 Å². The van der Waals surface area contributed by atoms with Gasteiger partial charge in [0.2, 0.25) is 5.91 Å². The molecule has 3 aromatic rings. The third-order valence-corrected chi connectivity index (χ3v) is 6.13. The van der Waals surface area contributed by atoms with Crippen LogP contribution in [0.1, 0.15) is 12.5 Å². The fourth-order valence-corrected chi connectivity index (χ4v) is 4.47. The quantitative estimate of drug-likeness (QED) is 0.587. The lowest BCUT2D eigenvalue weighted by Gasteiger charge is -2.26. The molecule has 1 N–H and O–H groups in total. The Morgan fingerprint density at radius 2 is 1.67 bits per heavy atom. The third kappa shape index (κ3) is 4.99. The van der Waals surface area contributed by atoms with Crippen molar-refractivity contribution in [2.45, 2.75) is 18.7 Å². The lowest BCUT2D eigenvalue weighted by Crippen LogP contribution is -2.38. The molecular formula is C23H24N2O4S. The van der Waals surface area contributed by atoms with E-state index >= 15 is 0 Å². The number of hydrogen-bond donors (Lipinski definition) is 1. The van der Waals surface area contributed by atoms with E-state index in [2.05, 4.69) is 5.32 Å². The van der Waals surface area contributed by atoms with E-state index in [-0.39, 0.29) is 4.90 Å². The highest BCUT2D eigenvalue weighted by molar-refractivity contribution is 7.92. The standard InChI is InChI=1S/C23H24N2O4S/c1-3-29-22-15-8-7-14-21(22)25(30(27,28)20-12-5-4-6-13-20)17-23(26)24-19-11-9-10-18(2)16-19/h4-16H,3,17H2,1-2H3,(H,24,26). The highest BCUT2D eigenvalue weighted by Crippen LogP contribution is 2.32. The molecule has 0 bridgehead atoms. The molecule has 0 aliphatic heterocycles. The molecule has 3 aromatic carbocycles. The molecule has 0 aliphatic carbocycles. The normalized spacial score (nSPS) is 11.0. The molecule has 0 spiro atoms. The van der Waals surface area contributed by atoms with E-state index in [0.717, 1.165) is 9.87 Å². The summed E-state index contributed by atoms with van der Waals surface area (Å²) >= 11 is 0. The molecule has 0 heterocycles. The van der Waals surface area contributed by atoms with Gasteiger partial charge in [0.1, 0.15) is 12.3 Å². The van der Waals surface area contributed by atoms with Gasteiger partial charge in [-0.2, -0.15) is 0 Å². The number of rotatable bonds is 8. The molecular weight excluding hydrogens is 400 g/mol. The van der Waals surface area contributed by atoms with Gasteiger partial charge in [0.05, 0.1) is 17.2 Å². The van der Waals surface area contributed by atoms with Crippen LogP contribution >= 0.6 is 0 Å². The predicted octanol–water partition coefficient (Wildman–Crippen LogP) is 4.23. The summed E-state index contributed by atoms with van der Waals surface area (Å²) in [7, 11) is -4.00. The van der Waals surface area contributed by atoms with Crippen LogP contribution < -0.4 is 14.4 Å². The highest BCUT2D eigenvalue weighted by atomic mass is 32.2. The number of nitrogens with one attached hydrogen (secondary N) is 1. The molecule has 0 aromatic heterocycles. The van der Waals surface area contributed by atoms with Crippen molar-refractivity contribution in [3.05, 3.63) is 84.4 Å². The van der Waals surface area contributed by atoms with Gasteiger partial charge in [0.25, 0.3) is 10.0 Å². The van der Waals surface area contributed by atoms with Gasteiger partial charge < -0.3 is 10.1 Å². The van der Waals surface area contributed by atoms with Crippen LogP contribution in [0, 0.1) is 6.92 Å². The predicted molar refractivity (Wildman–Crippen MR) is 118 cm³/mol. The molecule has 6 nitrogen and oxygen atoms in total. The Morgan fingerprint density at radius 3 is 2.37 bits per heavy atom. The topological polar surface area (TPSA) is 75.7 Å². The Balaban J connectivity index is 1.99. The second kappa shape index (κ2) is 9.45. The molecule has 156 valence electrons. The fraction of sp³-hybridized carbons (Fsp3) is 0.174. The van der Waals surface area contributed by atoms with Crippen molar-refractivity contribution < 1.29 is 17.9 Å². The first-order chi connectivity index (χ1) is 14.4. The summed E-state index contributed by atoms with van der Waals surface area (Å²) in [6, 6.07) is 22.1. The number of hydrogen-bond acceptors (Lipinski definition) is 4. The number of ether oxygens (including phenoxy) is 1. The van der Waals surface area contributed by atoms with Crippen molar-refractivity contribution in [2.75, 3.05) is 22.8 Å². The van der Waals surface area contributed by atoms with Gasteiger partial charge in [0, 0.05) is 5.69 Å². The zero-order valence-electron chi connectivity index (χ0n) is 16.9. The molecule has 0 saturated carbocycles. The summed E-state index contributed by atoms with van der Waals surface area (Å²) in [4.78, 5) is 12.9. The maximum absolute atomic E-state index is 13.4. The van der Waals surface area contributed by atoms with Crippen molar-refractivity contribution in [3.63, 3.8) is 0 Å². The number of carbonyl (C=O) groups is 1. The Labute approximate surface area is 177 Å². The SMILES string of the molecule is CCOc1ccccc1N(CC(=O)Nc1cccc(C)c1)S(=O)(=O)c1ccccc1. The second-order valence-corrected chi connectivity index (χ2v) is 8.51. The second-order valence-electron chi connectivity index (χ2n) is 6.64. The smallest absolute Gasteiger partial charge is 0.264 e. The number of amides is 1. The number of benzene rings is 3. The van der Waals surface area contributed by atoms with Crippen molar-refractivity contribution >= 4 is 27.3 Å². The average molecular weight is 425 g/mol. The van der Waals surface area contributed by atoms with Gasteiger partial charge in [-0.05, 0) is 55.8 Å². The van der Waals surface area contributed by atoms with Crippen molar-refractivity contribution in [3.8, 4) is 5.75 Å². The number of carbonyl (C=O) groups excluding carboxylic acids is 1. The lowest BCUT2D eigenvalue weighted by atomic mass is 10.2. The number of sulfonamides is 1. The first kappa shape index (κ1) is 21.4. The molecule has 0 fully saturated rings. The van der Waals surface area contributed by atoms with Gasteiger partial charge in [0.15, 0.2) is 0 Å². The van der Waals surface area contributed by atoms with Gasteiger partial charge in [-0.15, -0.1) is 0 Å². The number of anilines is 2. The van der Waals surface area contributed by atoms with Crippen LogP contribution in [0.25, 0.3) is 0 Å². The number of para-hydroxylation sites is 2. The van der Waals surface area contributed by atoms with Crippen LogP contribution in [0.3, 0.4) is 0 Å². The Hall–Kier alpha value is -3.32. The number of aryl methyl sites for hydroxylation is 1. The molecule has 0 aliphatic rings. The summed E-state index contributed by atoms with van der Waals surface area (Å²) in [5.74, 6) is -0.0609. The average Bonchev–Trinajstić information content (AvgIpc) is 2.73. The van der Waals surface area contributed by atoms with Gasteiger partial charge in [-0.1, -0.05) is 42.5 Å². The van der Waals surface area contributed by atoms with Crippen molar-refractivity contribution in [1.29, 1.82) is 0 Å². The Kier molecular flexibility index (Phi) is 6.74. The third-order valence-electron chi connectivity index (χ3n) is 4.35. The zero-order chi connectivity index (χ0) is 21.6. The van der Waals surface area contributed by atoms with Crippen LogP contribution in [0.4, 0.5) is 11.4 Å². The maximum atomic E-state index is 13.4. The minimum absolute atomic E-state index is 0.0969. The monoisotopic (exact) mass is 424 g/mol. The number of nitrogens with zero attached hydrogens (tertiary/aromatic N) is 1. The van der Waals surface area contributed by atoms with Crippen LogP contribution in [0.2, 0.25) is 0 Å². The van der Waals surface area contributed by atoms with E-state index in [9.17, 15) is 13.2 Å². The first-order valence-corrected chi connectivity index (χ1v) is 11.0. The zero-order valence-corrected chi connectivity index (χ0v) is 17.7. The van der Waals surface area contributed by atoms with E-state index in [1.165, 1.54) is 12.1 Å².